The average molecular weight is 440 g/mol. The minimum atomic E-state index is -0.942. The predicted octanol–water partition coefficient (Wildman–Crippen LogP) is 3.56. The van der Waals surface area contributed by atoms with Gasteiger partial charge in [-0.1, -0.05) is 17.7 Å². The van der Waals surface area contributed by atoms with Crippen LogP contribution in [0.2, 0.25) is 0 Å². The van der Waals surface area contributed by atoms with Gasteiger partial charge in [0.2, 0.25) is 0 Å². The summed E-state index contributed by atoms with van der Waals surface area (Å²) in [6, 6.07) is 21.7. The Morgan fingerprint density at radius 2 is 1.61 bits per heavy atom. The molecule has 0 aliphatic rings. The Balaban J connectivity index is 1.56. The number of aryl methyl sites for hydroxylation is 1. The molecule has 8 nitrogen and oxygen atoms in total. The zero-order chi connectivity index (χ0) is 23.8. The van der Waals surface area contributed by atoms with Gasteiger partial charge in [-0.2, -0.15) is 10.4 Å². The maximum Gasteiger partial charge on any atom is 0.343 e. The minimum absolute atomic E-state index is 0.365. The number of hydrazone groups is 1. The molecule has 0 aliphatic heterocycles. The maximum absolute atomic E-state index is 12.2. The Labute approximate surface area is 190 Å². The van der Waals surface area contributed by atoms with E-state index in [2.05, 4.69) is 15.8 Å². The van der Waals surface area contributed by atoms with E-state index in [1.807, 2.05) is 19.1 Å². The maximum atomic E-state index is 12.2. The Bertz CT molecular complexity index is 1260. The van der Waals surface area contributed by atoms with Crippen LogP contribution in [-0.2, 0) is 9.59 Å². The second-order valence-electron chi connectivity index (χ2n) is 7.06. The molecule has 33 heavy (non-hydrogen) atoms. The fraction of sp³-hybridized carbons (Fsp3) is 0.0800. The van der Waals surface area contributed by atoms with E-state index in [1.165, 1.54) is 24.3 Å². The molecule has 8 heteroatoms. The third-order valence-electron chi connectivity index (χ3n) is 4.54. The monoisotopic (exact) mass is 440 g/mol. The average Bonchev–Trinajstić information content (AvgIpc) is 2.83. The van der Waals surface area contributed by atoms with Gasteiger partial charge < -0.3 is 10.1 Å². The second-order valence-corrected chi connectivity index (χ2v) is 7.06. The third kappa shape index (κ3) is 6.35. The predicted molar refractivity (Wildman–Crippen MR) is 123 cm³/mol. The zero-order valence-electron chi connectivity index (χ0n) is 18.0. The molecule has 0 atom stereocenters. The number of ether oxygens (including phenoxy) is 1. The molecule has 0 bridgehead atoms. The molecule has 0 saturated carbocycles. The number of nitriles is 1. The van der Waals surface area contributed by atoms with E-state index in [1.54, 1.807) is 49.4 Å². The number of carbonyl (C=O) groups excluding carboxylic acids is 3. The number of hydrogen-bond acceptors (Lipinski definition) is 6. The van der Waals surface area contributed by atoms with Crippen LogP contribution in [0.25, 0.3) is 0 Å². The summed E-state index contributed by atoms with van der Waals surface area (Å²) in [4.78, 5) is 36.2. The van der Waals surface area contributed by atoms with E-state index in [9.17, 15) is 14.4 Å². The van der Waals surface area contributed by atoms with Crippen molar-refractivity contribution in [2.45, 2.75) is 13.8 Å². The molecule has 3 aromatic carbocycles. The molecule has 164 valence electrons. The van der Waals surface area contributed by atoms with Crippen LogP contribution < -0.4 is 15.5 Å². The minimum Gasteiger partial charge on any atom is -0.423 e. The van der Waals surface area contributed by atoms with E-state index in [4.69, 9.17) is 10.00 Å². The highest BCUT2D eigenvalue weighted by Gasteiger charge is 2.14. The van der Waals surface area contributed by atoms with Crippen LogP contribution in [-0.4, -0.2) is 23.5 Å². The smallest absolute Gasteiger partial charge is 0.343 e. The van der Waals surface area contributed by atoms with Gasteiger partial charge in [-0.05, 0) is 80.1 Å². The summed E-state index contributed by atoms with van der Waals surface area (Å²) < 4.78 is 5.37. The van der Waals surface area contributed by atoms with Gasteiger partial charge in [0.15, 0.2) is 0 Å². The van der Waals surface area contributed by atoms with Gasteiger partial charge >= 0.3 is 17.8 Å². The summed E-state index contributed by atoms with van der Waals surface area (Å²) >= 11 is 0. The van der Waals surface area contributed by atoms with Crippen molar-refractivity contribution in [3.8, 4) is 11.8 Å². The van der Waals surface area contributed by atoms with Gasteiger partial charge in [-0.3, -0.25) is 9.59 Å². The first-order valence-electron chi connectivity index (χ1n) is 9.91. The van der Waals surface area contributed by atoms with Crippen molar-refractivity contribution in [2.75, 3.05) is 5.32 Å². The van der Waals surface area contributed by atoms with Crippen molar-refractivity contribution in [1.82, 2.24) is 5.43 Å². The summed E-state index contributed by atoms with van der Waals surface area (Å²) in [5.41, 5.74) is 5.55. The molecule has 0 radical (unpaired) electrons. The first kappa shape index (κ1) is 22.9. The van der Waals surface area contributed by atoms with Gasteiger partial charge in [-0.15, -0.1) is 0 Å². The number of carbonyl (C=O) groups is 3. The molecule has 2 amide bonds. The molecule has 0 aromatic heterocycles. The molecule has 0 spiro atoms. The van der Waals surface area contributed by atoms with Crippen LogP contribution >= 0.6 is 0 Å². The zero-order valence-corrected chi connectivity index (χ0v) is 18.0. The highest BCUT2D eigenvalue weighted by molar-refractivity contribution is 6.39. The number of rotatable bonds is 5. The number of nitrogens with zero attached hydrogens (tertiary/aromatic N) is 2. The molecular weight excluding hydrogens is 420 g/mol. The van der Waals surface area contributed by atoms with Gasteiger partial charge in [0.05, 0.1) is 22.9 Å². The summed E-state index contributed by atoms with van der Waals surface area (Å²) in [6.45, 7) is 3.55. The van der Waals surface area contributed by atoms with E-state index in [-0.39, 0.29) is 0 Å². The molecular formula is C25H20N4O4. The van der Waals surface area contributed by atoms with Crippen molar-refractivity contribution in [1.29, 1.82) is 5.26 Å². The molecule has 0 unspecified atom stereocenters. The van der Waals surface area contributed by atoms with E-state index < -0.39 is 17.8 Å². The van der Waals surface area contributed by atoms with E-state index >= 15 is 0 Å². The molecule has 0 saturated heterocycles. The van der Waals surface area contributed by atoms with Crippen molar-refractivity contribution in [2.24, 2.45) is 5.10 Å². The molecule has 3 aromatic rings. The van der Waals surface area contributed by atoms with Crippen LogP contribution in [0, 0.1) is 18.3 Å². The van der Waals surface area contributed by atoms with Crippen molar-refractivity contribution < 1.29 is 19.1 Å². The summed E-state index contributed by atoms with van der Waals surface area (Å²) in [5, 5.41) is 15.1. The van der Waals surface area contributed by atoms with E-state index in [0.717, 1.165) is 5.56 Å². The first-order chi connectivity index (χ1) is 15.9. The fourth-order valence-electron chi connectivity index (χ4n) is 2.77. The molecule has 0 heterocycles. The molecule has 2 N–H and O–H groups in total. The normalized spacial score (nSPS) is 10.6. The number of amides is 2. The van der Waals surface area contributed by atoms with Crippen molar-refractivity contribution in [3.05, 3.63) is 95.1 Å². The molecule has 0 fully saturated rings. The number of nitrogens with one attached hydrogen (secondary N) is 2. The van der Waals surface area contributed by atoms with Gasteiger partial charge in [0.25, 0.3) is 0 Å². The lowest BCUT2D eigenvalue weighted by molar-refractivity contribution is -0.136. The van der Waals surface area contributed by atoms with Crippen LogP contribution in [0.1, 0.15) is 34.0 Å². The van der Waals surface area contributed by atoms with Crippen LogP contribution in [0.5, 0.6) is 5.75 Å². The fourth-order valence-corrected chi connectivity index (χ4v) is 2.77. The van der Waals surface area contributed by atoms with Crippen molar-refractivity contribution >= 4 is 29.2 Å². The highest BCUT2D eigenvalue weighted by Crippen LogP contribution is 2.15. The lowest BCUT2D eigenvalue weighted by Gasteiger charge is -2.07. The Morgan fingerprint density at radius 3 is 2.24 bits per heavy atom. The molecule has 0 aliphatic carbocycles. The Kier molecular flexibility index (Phi) is 7.29. The van der Waals surface area contributed by atoms with Crippen LogP contribution in [0.4, 0.5) is 5.69 Å². The Hall–Kier alpha value is -4.77. The summed E-state index contributed by atoms with van der Waals surface area (Å²) in [5.74, 6) is -1.93. The van der Waals surface area contributed by atoms with Gasteiger partial charge in [0.1, 0.15) is 5.75 Å². The number of esters is 1. The number of anilines is 1. The quantitative estimate of drug-likeness (QED) is 0.207. The lowest BCUT2D eigenvalue weighted by atomic mass is 10.1. The SMILES string of the molecule is CC(=NNC(=O)C(=O)Nc1ccc(C#N)cc1)c1ccc(OC(=O)c2cccc(C)c2)cc1. The van der Waals surface area contributed by atoms with Gasteiger partial charge in [-0.25, -0.2) is 10.2 Å². The topological polar surface area (TPSA) is 121 Å². The van der Waals surface area contributed by atoms with Gasteiger partial charge in [0, 0.05) is 5.69 Å². The standard InChI is InChI=1S/C25H20N4O4/c1-16-4-3-5-20(14-16)25(32)33-22-12-8-19(9-13-22)17(2)28-29-24(31)23(30)27-21-10-6-18(15-26)7-11-21/h3-14H,1-2H3,(H,27,30)(H,29,31). The van der Waals surface area contributed by atoms with Crippen LogP contribution in [0.15, 0.2) is 77.9 Å². The lowest BCUT2D eigenvalue weighted by Crippen LogP contribution is -2.32. The first-order valence-corrected chi connectivity index (χ1v) is 9.91. The van der Waals surface area contributed by atoms with Crippen molar-refractivity contribution in [3.63, 3.8) is 0 Å². The Morgan fingerprint density at radius 1 is 0.909 bits per heavy atom. The highest BCUT2D eigenvalue weighted by atomic mass is 16.5. The van der Waals surface area contributed by atoms with Crippen LogP contribution in [0.3, 0.4) is 0 Å². The summed E-state index contributed by atoms with van der Waals surface area (Å²) in [6.07, 6.45) is 0. The largest absolute Gasteiger partial charge is 0.423 e. The second kappa shape index (κ2) is 10.5. The number of hydrogen-bond donors (Lipinski definition) is 2. The number of benzene rings is 3. The van der Waals surface area contributed by atoms with E-state index in [0.29, 0.717) is 33.8 Å². The summed E-state index contributed by atoms with van der Waals surface area (Å²) in [7, 11) is 0. The third-order valence-corrected chi connectivity index (χ3v) is 4.54. The molecule has 3 rings (SSSR count).